The standard InChI is InChI=1S/C9H5F5N2/c10-8(11,9(12,13)14)6-4-16-7-5(6)2-1-3-15-7/h1-4H,(H,15,16). The van der Waals surface area contributed by atoms with E-state index in [0.717, 1.165) is 6.07 Å². The number of fused-ring (bicyclic) bond motifs is 1. The molecule has 2 nitrogen and oxygen atoms in total. The molecule has 16 heavy (non-hydrogen) atoms. The summed E-state index contributed by atoms with van der Waals surface area (Å²) in [5.41, 5.74) is -1.11. The third-order valence-electron chi connectivity index (χ3n) is 2.15. The summed E-state index contributed by atoms with van der Waals surface area (Å²) >= 11 is 0. The number of pyridine rings is 1. The van der Waals surface area contributed by atoms with Gasteiger partial charge in [-0.05, 0) is 12.1 Å². The van der Waals surface area contributed by atoms with Gasteiger partial charge in [0.15, 0.2) is 0 Å². The van der Waals surface area contributed by atoms with Crippen molar-refractivity contribution in [2.45, 2.75) is 12.1 Å². The van der Waals surface area contributed by atoms with Gasteiger partial charge in [0.2, 0.25) is 0 Å². The minimum Gasteiger partial charge on any atom is -0.346 e. The number of nitrogens with zero attached hydrogens (tertiary/aromatic N) is 1. The van der Waals surface area contributed by atoms with Gasteiger partial charge in [-0.3, -0.25) is 0 Å². The minimum atomic E-state index is -5.61. The number of alkyl halides is 5. The molecule has 0 spiro atoms. The molecule has 0 aliphatic rings. The van der Waals surface area contributed by atoms with Crippen LogP contribution in [-0.2, 0) is 5.92 Å². The predicted octanol–water partition coefficient (Wildman–Crippen LogP) is 3.22. The minimum absolute atomic E-state index is 0.00132. The molecule has 2 heterocycles. The summed E-state index contributed by atoms with van der Waals surface area (Å²) in [6, 6.07) is 2.46. The molecule has 0 radical (unpaired) electrons. The summed E-state index contributed by atoms with van der Waals surface area (Å²) in [7, 11) is 0. The van der Waals surface area contributed by atoms with E-state index in [9.17, 15) is 22.0 Å². The van der Waals surface area contributed by atoms with Gasteiger partial charge in [0.25, 0.3) is 0 Å². The SMILES string of the molecule is FC(F)(F)C(F)(F)c1c[nH]c2ncccc12. The average Bonchev–Trinajstić information content (AvgIpc) is 2.59. The molecule has 0 atom stereocenters. The Hall–Kier alpha value is -1.66. The lowest BCUT2D eigenvalue weighted by molar-refractivity contribution is -0.288. The molecular weight excluding hydrogens is 231 g/mol. The molecule has 0 aromatic carbocycles. The van der Waals surface area contributed by atoms with Crippen molar-refractivity contribution in [2.24, 2.45) is 0 Å². The van der Waals surface area contributed by atoms with Crippen LogP contribution in [0.25, 0.3) is 11.0 Å². The van der Waals surface area contributed by atoms with Crippen LogP contribution in [-0.4, -0.2) is 16.1 Å². The van der Waals surface area contributed by atoms with E-state index in [1.165, 1.54) is 12.3 Å². The highest BCUT2D eigenvalue weighted by atomic mass is 19.4. The Bertz CT molecular complexity index is 514. The van der Waals surface area contributed by atoms with Crippen molar-refractivity contribution in [3.05, 3.63) is 30.1 Å². The zero-order valence-electron chi connectivity index (χ0n) is 7.65. The van der Waals surface area contributed by atoms with Crippen molar-refractivity contribution in [1.29, 1.82) is 0 Å². The van der Waals surface area contributed by atoms with Gasteiger partial charge in [0.1, 0.15) is 5.65 Å². The molecular formula is C9H5F5N2. The third-order valence-corrected chi connectivity index (χ3v) is 2.15. The van der Waals surface area contributed by atoms with Crippen LogP contribution >= 0.6 is 0 Å². The second kappa shape index (κ2) is 3.16. The lowest BCUT2D eigenvalue weighted by Gasteiger charge is -2.18. The van der Waals surface area contributed by atoms with Crippen molar-refractivity contribution in [3.8, 4) is 0 Å². The highest BCUT2D eigenvalue weighted by Crippen LogP contribution is 2.45. The largest absolute Gasteiger partial charge is 0.458 e. The number of aromatic amines is 1. The topological polar surface area (TPSA) is 28.7 Å². The summed E-state index contributed by atoms with van der Waals surface area (Å²) in [5.74, 6) is -4.88. The summed E-state index contributed by atoms with van der Waals surface area (Å²) in [4.78, 5) is 5.92. The Morgan fingerprint density at radius 2 is 1.81 bits per heavy atom. The van der Waals surface area contributed by atoms with Gasteiger partial charge < -0.3 is 4.98 Å². The van der Waals surface area contributed by atoms with Gasteiger partial charge >= 0.3 is 12.1 Å². The monoisotopic (exact) mass is 236 g/mol. The lowest BCUT2D eigenvalue weighted by Crippen LogP contribution is -2.33. The fraction of sp³-hybridized carbons (Fsp3) is 0.222. The van der Waals surface area contributed by atoms with Crippen molar-refractivity contribution < 1.29 is 22.0 Å². The molecule has 0 unspecified atom stereocenters. The first kappa shape index (κ1) is 10.8. The first-order valence-corrected chi connectivity index (χ1v) is 4.21. The van der Waals surface area contributed by atoms with Crippen LogP contribution < -0.4 is 0 Å². The maximum absolute atomic E-state index is 13.1. The van der Waals surface area contributed by atoms with Crippen molar-refractivity contribution in [1.82, 2.24) is 9.97 Å². The van der Waals surface area contributed by atoms with Gasteiger partial charge in [-0.25, -0.2) is 4.98 Å². The van der Waals surface area contributed by atoms with Crippen LogP contribution in [0.15, 0.2) is 24.5 Å². The Labute approximate surface area is 86.1 Å². The number of nitrogens with one attached hydrogen (secondary N) is 1. The smallest absolute Gasteiger partial charge is 0.346 e. The van der Waals surface area contributed by atoms with Crippen molar-refractivity contribution >= 4 is 11.0 Å². The van der Waals surface area contributed by atoms with E-state index in [-0.39, 0.29) is 11.0 Å². The first-order valence-electron chi connectivity index (χ1n) is 4.21. The molecule has 2 rings (SSSR count). The fourth-order valence-corrected chi connectivity index (χ4v) is 1.37. The van der Waals surface area contributed by atoms with Crippen molar-refractivity contribution in [3.63, 3.8) is 0 Å². The Morgan fingerprint density at radius 1 is 1.12 bits per heavy atom. The lowest BCUT2D eigenvalue weighted by atomic mass is 10.1. The first-order chi connectivity index (χ1) is 7.34. The molecule has 0 aliphatic carbocycles. The van der Waals surface area contributed by atoms with Gasteiger partial charge in [0.05, 0.1) is 5.56 Å². The van der Waals surface area contributed by atoms with Gasteiger partial charge in [-0.1, -0.05) is 0 Å². The normalized spacial score (nSPS) is 13.3. The van der Waals surface area contributed by atoms with E-state index < -0.39 is 17.7 Å². The Balaban J connectivity index is 2.64. The van der Waals surface area contributed by atoms with E-state index in [1.54, 1.807) is 0 Å². The number of H-pyrrole nitrogens is 1. The highest BCUT2D eigenvalue weighted by molar-refractivity contribution is 5.80. The maximum Gasteiger partial charge on any atom is 0.458 e. The van der Waals surface area contributed by atoms with Crippen LogP contribution in [0.5, 0.6) is 0 Å². The number of hydrogen-bond acceptors (Lipinski definition) is 1. The second-order valence-corrected chi connectivity index (χ2v) is 3.17. The quantitative estimate of drug-likeness (QED) is 0.756. The summed E-state index contributed by atoms with van der Waals surface area (Å²) < 4.78 is 62.5. The van der Waals surface area contributed by atoms with Gasteiger partial charge in [-0.2, -0.15) is 22.0 Å². The molecule has 0 saturated heterocycles. The number of halogens is 5. The number of rotatable bonds is 1. The van der Waals surface area contributed by atoms with Gasteiger partial charge in [-0.15, -0.1) is 0 Å². The number of aromatic nitrogens is 2. The molecule has 0 amide bonds. The maximum atomic E-state index is 13.1. The van der Waals surface area contributed by atoms with E-state index in [1.807, 2.05) is 0 Å². The van der Waals surface area contributed by atoms with Crippen LogP contribution in [0.1, 0.15) is 5.56 Å². The predicted molar refractivity (Wildman–Crippen MR) is 46.0 cm³/mol. The Morgan fingerprint density at radius 3 is 2.44 bits per heavy atom. The summed E-state index contributed by atoms with van der Waals surface area (Å²) in [6.07, 6.45) is -3.68. The van der Waals surface area contributed by atoms with E-state index in [0.29, 0.717) is 6.20 Å². The molecule has 0 saturated carbocycles. The Kier molecular flexibility index (Phi) is 2.14. The fourth-order valence-electron chi connectivity index (χ4n) is 1.37. The zero-order valence-corrected chi connectivity index (χ0v) is 7.65. The molecule has 7 heteroatoms. The molecule has 86 valence electrons. The average molecular weight is 236 g/mol. The van der Waals surface area contributed by atoms with Crippen LogP contribution in [0.4, 0.5) is 22.0 Å². The summed E-state index contributed by atoms with van der Waals surface area (Å²) in [5, 5.41) is -0.232. The molecule has 0 bridgehead atoms. The second-order valence-electron chi connectivity index (χ2n) is 3.17. The molecule has 1 N–H and O–H groups in total. The van der Waals surface area contributed by atoms with Crippen molar-refractivity contribution in [2.75, 3.05) is 0 Å². The van der Waals surface area contributed by atoms with Crippen LogP contribution in [0.3, 0.4) is 0 Å². The molecule has 2 aromatic rings. The van der Waals surface area contributed by atoms with Gasteiger partial charge in [0, 0.05) is 17.8 Å². The zero-order chi connectivity index (χ0) is 12.0. The molecule has 2 aromatic heterocycles. The van der Waals surface area contributed by atoms with E-state index in [2.05, 4.69) is 9.97 Å². The highest BCUT2D eigenvalue weighted by Gasteiger charge is 2.59. The third kappa shape index (κ3) is 1.43. The van der Waals surface area contributed by atoms with Crippen LogP contribution in [0.2, 0.25) is 0 Å². The summed E-state index contributed by atoms with van der Waals surface area (Å²) in [6.45, 7) is 0. The van der Waals surface area contributed by atoms with E-state index >= 15 is 0 Å². The number of hydrogen-bond donors (Lipinski definition) is 1. The molecule has 0 aliphatic heterocycles. The van der Waals surface area contributed by atoms with E-state index in [4.69, 9.17) is 0 Å². The molecule has 0 fully saturated rings. The van der Waals surface area contributed by atoms with Crippen LogP contribution in [0, 0.1) is 0 Å².